The molecule has 0 radical (unpaired) electrons. The standard InChI is InChI=1S/C19H24N2O.C2H2O4/c1-3-7-18(8-4-1)17-21-13-11-20(12-14-21)15-16-22-19-9-5-2-6-10-19;3-1(4)2(5)6/h1-10H,11-17H2;(H,3,4)(H,5,6). The van der Waals surface area contributed by atoms with Crippen molar-refractivity contribution < 1.29 is 24.5 Å². The molecule has 0 aromatic heterocycles. The first-order chi connectivity index (χ1) is 13.5. The summed E-state index contributed by atoms with van der Waals surface area (Å²) in [5.41, 5.74) is 1.41. The van der Waals surface area contributed by atoms with Crippen molar-refractivity contribution >= 4 is 11.9 Å². The number of para-hydroxylation sites is 1. The van der Waals surface area contributed by atoms with Gasteiger partial charge in [-0.3, -0.25) is 9.80 Å². The molecule has 7 nitrogen and oxygen atoms in total. The summed E-state index contributed by atoms with van der Waals surface area (Å²) in [5.74, 6) is -2.68. The van der Waals surface area contributed by atoms with Gasteiger partial charge >= 0.3 is 11.9 Å². The summed E-state index contributed by atoms with van der Waals surface area (Å²) in [4.78, 5) is 23.2. The molecule has 7 heteroatoms. The number of hydrogen-bond donors (Lipinski definition) is 2. The fourth-order valence-corrected chi connectivity index (χ4v) is 2.82. The topological polar surface area (TPSA) is 90.3 Å². The van der Waals surface area contributed by atoms with E-state index in [1.807, 2.05) is 30.3 Å². The molecule has 2 aromatic carbocycles. The molecule has 1 aliphatic heterocycles. The zero-order chi connectivity index (χ0) is 20.2. The van der Waals surface area contributed by atoms with Crippen LogP contribution in [0, 0.1) is 0 Å². The van der Waals surface area contributed by atoms with E-state index in [1.165, 1.54) is 5.56 Å². The van der Waals surface area contributed by atoms with Crippen LogP contribution >= 0.6 is 0 Å². The minimum absolute atomic E-state index is 0.767. The van der Waals surface area contributed by atoms with Crippen LogP contribution in [0.3, 0.4) is 0 Å². The predicted octanol–water partition coefficient (Wildman–Crippen LogP) is 2.04. The molecule has 0 aliphatic carbocycles. The molecule has 150 valence electrons. The van der Waals surface area contributed by atoms with E-state index in [1.54, 1.807) is 0 Å². The summed E-state index contributed by atoms with van der Waals surface area (Å²) >= 11 is 0. The summed E-state index contributed by atoms with van der Waals surface area (Å²) in [7, 11) is 0. The lowest BCUT2D eigenvalue weighted by atomic mass is 10.2. The van der Waals surface area contributed by atoms with Gasteiger partial charge < -0.3 is 14.9 Å². The van der Waals surface area contributed by atoms with Crippen LogP contribution in [0.25, 0.3) is 0 Å². The first-order valence-electron chi connectivity index (χ1n) is 9.17. The Bertz CT molecular complexity index is 704. The van der Waals surface area contributed by atoms with E-state index in [9.17, 15) is 0 Å². The SMILES string of the molecule is O=C(O)C(=O)O.c1ccc(CN2CCN(CCOc3ccccc3)CC2)cc1. The molecule has 2 N–H and O–H groups in total. The number of aliphatic carboxylic acids is 2. The molecule has 0 unspecified atom stereocenters. The Hall–Kier alpha value is -2.90. The van der Waals surface area contributed by atoms with Crippen LogP contribution in [0.1, 0.15) is 5.56 Å². The smallest absolute Gasteiger partial charge is 0.414 e. The highest BCUT2D eigenvalue weighted by Crippen LogP contribution is 2.10. The molecule has 1 aliphatic rings. The van der Waals surface area contributed by atoms with Crippen molar-refractivity contribution in [3.05, 3.63) is 66.2 Å². The zero-order valence-electron chi connectivity index (χ0n) is 15.7. The van der Waals surface area contributed by atoms with Crippen LogP contribution in [0.4, 0.5) is 0 Å². The van der Waals surface area contributed by atoms with Crippen LogP contribution in [-0.2, 0) is 16.1 Å². The van der Waals surface area contributed by atoms with Crippen molar-refractivity contribution in [2.24, 2.45) is 0 Å². The average molecular weight is 386 g/mol. The quantitative estimate of drug-likeness (QED) is 0.734. The van der Waals surface area contributed by atoms with Crippen LogP contribution in [0.15, 0.2) is 60.7 Å². The maximum atomic E-state index is 9.10. The molecule has 0 bridgehead atoms. The van der Waals surface area contributed by atoms with Crippen LogP contribution in [0.2, 0.25) is 0 Å². The third-order valence-electron chi connectivity index (χ3n) is 4.32. The lowest BCUT2D eigenvalue weighted by Gasteiger charge is -2.34. The van der Waals surface area contributed by atoms with Gasteiger partial charge in [0, 0.05) is 39.3 Å². The molecule has 28 heavy (non-hydrogen) atoms. The third kappa shape index (κ3) is 8.20. The number of rotatable bonds is 6. The van der Waals surface area contributed by atoms with Crippen molar-refractivity contribution in [3.63, 3.8) is 0 Å². The maximum Gasteiger partial charge on any atom is 0.414 e. The fraction of sp³-hybridized carbons (Fsp3) is 0.333. The van der Waals surface area contributed by atoms with E-state index in [2.05, 4.69) is 40.1 Å². The Morgan fingerprint density at radius 2 is 1.29 bits per heavy atom. The van der Waals surface area contributed by atoms with E-state index < -0.39 is 11.9 Å². The maximum absolute atomic E-state index is 9.10. The van der Waals surface area contributed by atoms with Gasteiger partial charge in [0.2, 0.25) is 0 Å². The fourth-order valence-electron chi connectivity index (χ4n) is 2.82. The lowest BCUT2D eigenvalue weighted by Crippen LogP contribution is -2.47. The molecular weight excluding hydrogens is 360 g/mol. The molecule has 3 rings (SSSR count). The second kappa shape index (κ2) is 11.7. The highest BCUT2D eigenvalue weighted by molar-refractivity contribution is 6.27. The number of benzene rings is 2. The molecule has 1 saturated heterocycles. The van der Waals surface area contributed by atoms with Gasteiger partial charge in [0.05, 0.1) is 0 Å². The largest absolute Gasteiger partial charge is 0.492 e. The molecule has 0 saturated carbocycles. The minimum Gasteiger partial charge on any atom is -0.492 e. The highest BCUT2D eigenvalue weighted by Gasteiger charge is 2.16. The first kappa shape index (κ1) is 21.4. The van der Waals surface area contributed by atoms with E-state index in [4.69, 9.17) is 24.5 Å². The van der Waals surface area contributed by atoms with Crippen molar-refractivity contribution in [2.45, 2.75) is 6.54 Å². The van der Waals surface area contributed by atoms with Gasteiger partial charge in [0.1, 0.15) is 12.4 Å². The molecule has 1 fully saturated rings. The number of hydrogen-bond acceptors (Lipinski definition) is 5. The number of ether oxygens (including phenoxy) is 1. The highest BCUT2D eigenvalue weighted by atomic mass is 16.5. The summed E-state index contributed by atoms with van der Waals surface area (Å²) in [6, 6.07) is 20.8. The number of piperazine rings is 1. The monoisotopic (exact) mass is 386 g/mol. The van der Waals surface area contributed by atoms with Gasteiger partial charge in [-0.05, 0) is 17.7 Å². The van der Waals surface area contributed by atoms with Gasteiger partial charge in [-0.25, -0.2) is 9.59 Å². The molecule has 2 aromatic rings. The molecule has 0 spiro atoms. The van der Waals surface area contributed by atoms with Gasteiger partial charge in [-0.2, -0.15) is 0 Å². The average Bonchev–Trinajstić information content (AvgIpc) is 2.71. The summed E-state index contributed by atoms with van der Waals surface area (Å²) in [5, 5.41) is 14.8. The van der Waals surface area contributed by atoms with E-state index in [0.29, 0.717) is 0 Å². The van der Waals surface area contributed by atoms with Crippen molar-refractivity contribution in [2.75, 3.05) is 39.3 Å². The Morgan fingerprint density at radius 3 is 1.82 bits per heavy atom. The van der Waals surface area contributed by atoms with Gasteiger partial charge in [0.15, 0.2) is 0 Å². The third-order valence-corrected chi connectivity index (χ3v) is 4.32. The van der Waals surface area contributed by atoms with Gasteiger partial charge in [0.25, 0.3) is 0 Å². The number of nitrogens with zero attached hydrogens (tertiary/aromatic N) is 2. The Morgan fingerprint density at radius 1 is 0.786 bits per heavy atom. The first-order valence-corrected chi connectivity index (χ1v) is 9.17. The Labute approximate surface area is 164 Å². The van der Waals surface area contributed by atoms with Crippen LogP contribution in [-0.4, -0.2) is 71.3 Å². The van der Waals surface area contributed by atoms with Crippen molar-refractivity contribution in [1.29, 1.82) is 0 Å². The molecule has 1 heterocycles. The normalized spacial score (nSPS) is 14.6. The molecule has 0 atom stereocenters. The summed E-state index contributed by atoms with van der Waals surface area (Å²) in [6.07, 6.45) is 0. The predicted molar refractivity (Wildman–Crippen MR) is 105 cm³/mol. The van der Waals surface area contributed by atoms with E-state index in [-0.39, 0.29) is 0 Å². The Kier molecular flexibility index (Phi) is 8.97. The summed E-state index contributed by atoms with van der Waals surface area (Å²) in [6.45, 7) is 7.38. The lowest BCUT2D eigenvalue weighted by molar-refractivity contribution is -0.159. The second-order valence-corrected chi connectivity index (χ2v) is 6.38. The van der Waals surface area contributed by atoms with Crippen molar-refractivity contribution in [3.8, 4) is 5.75 Å². The van der Waals surface area contributed by atoms with E-state index >= 15 is 0 Å². The molecular formula is C21H26N2O5. The van der Waals surface area contributed by atoms with Crippen molar-refractivity contribution in [1.82, 2.24) is 9.80 Å². The second-order valence-electron chi connectivity index (χ2n) is 6.38. The molecule has 0 amide bonds. The van der Waals surface area contributed by atoms with Crippen LogP contribution in [0.5, 0.6) is 5.75 Å². The summed E-state index contributed by atoms with van der Waals surface area (Å²) < 4.78 is 5.78. The van der Waals surface area contributed by atoms with Gasteiger partial charge in [-0.15, -0.1) is 0 Å². The zero-order valence-corrected chi connectivity index (χ0v) is 15.7. The Balaban J connectivity index is 0.000000409. The van der Waals surface area contributed by atoms with Crippen LogP contribution < -0.4 is 4.74 Å². The number of carboxylic acid groups (broad SMARTS) is 2. The van der Waals surface area contributed by atoms with Gasteiger partial charge in [-0.1, -0.05) is 48.5 Å². The minimum atomic E-state index is -1.82. The number of carbonyl (C=O) groups is 2. The number of carboxylic acids is 2. The van der Waals surface area contributed by atoms with E-state index in [0.717, 1.165) is 51.6 Å².